The second-order valence-corrected chi connectivity index (χ2v) is 14.2. The van der Waals surface area contributed by atoms with Crippen LogP contribution in [0.3, 0.4) is 0 Å². The third-order valence-corrected chi connectivity index (χ3v) is 9.79. The van der Waals surface area contributed by atoms with Gasteiger partial charge in [0.1, 0.15) is 32.3 Å². The summed E-state index contributed by atoms with van der Waals surface area (Å²) in [7, 11) is 2.79. The Morgan fingerprint density at radius 1 is 0.771 bits per heavy atom. The molecule has 11 nitrogen and oxygen atoms in total. The number of benzene rings is 1. The molecule has 0 radical (unpaired) electrons. The van der Waals surface area contributed by atoms with E-state index >= 15 is 0 Å². The van der Waals surface area contributed by atoms with E-state index in [0.29, 0.717) is 51.9 Å². The molecule has 5 aromatic rings. The Morgan fingerprint density at radius 3 is 2.00 bits per heavy atom. The number of anilines is 1. The second-order valence-electron chi connectivity index (χ2n) is 10.6. The molecule has 0 amide bonds. The molecular formula is C32H32Cl3N5O6S2. The summed E-state index contributed by atoms with van der Waals surface area (Å²) in [6.45, 7) is 0.837. The van der Waals surface area contributed by atoms with Gasteiger partial charge in [-0.1, -0.05) is 40.9 Å². The normalized spacial score (nSPS) is 11.8. The molecule has 0 unspecified atom stereocenters. The molecule has 0 atom stereocenters. The Labute approximate surface area is 299 Å². The summed E-state index contributed by atoms with van der Waals surface area (Å²) in [5.41, 5.74) is 1.06. The van der Waals surface area contributed by atoms with Crippen molar-refractivity contribution in [3.8, 4) is 11.5 Å². The van der Waals surface area contributed by atoms with Gasteiger partial charge >= 0.3 is 11.9 Å². The van der Waals surface area contributed by atoms with Gasteiger partial charge in [0.2, 0.25) is 6.79 Å². The van der Waals surface area contributed by atoms with E-state index in [4.69, 9.17) is 49.3 Å². The molecule has 5 heterocycles. The maximum atomic E-state index is 11.3. The average Bonchev–Trinajstić information content (AvgIpc) is 3.81. The van der Waals surface area contributed by atoms with E-state index in [9.17, 15) is 9.59 Å². The van der Waals surface area contributed by atoms with Crippen LogP contribution in [0.5, 0.6) is 11.5 Å². The highest BCUT2D eigenvalue weighted by molar-refractivity contribution is 7.22. The van der Waals surface area contributed by atoms with Gasteiger partial charge in [-0.05, 0) is 55.5 Å². The largest absolute Gasteiger partial charge is 0.469 e. The van der Waals surface area contributed by atoms with E-state index in [1.54, 1.807) is 6.07 Å². The van der Waals surface area contributed by atoms with Crippen LogP contribution in [0.25, 0.3) is 20.4 Å². The first-order valence-corrected chi connectivity index (χ1v) is 17.8. The number of aromatic nitrogens is 4. The number of hydrogen-bond acceptors (Lipinski definition) is 13. The lowest BCUT2D eigenvalue weighted by Crippen LogP contribution is -2.05. The third kappa shape index (κ3) is 9.79. The van der Waals surface area contributed by atoms with Crippen molar-refractivity contribution in [2.75, 3.05) is 26.3 Å². The molecule has 1 aromatic carbocycles. The molecule has 0 aliphatic carbocycles. The van der Waals surface area contributed by atoms with Crippen molar-refractivity contribution >= 4 is 95.7 Å². The van der Waals surface area contributed by atoms with Crippen molar-refractivity contribution in [1.29, 1.82) is 0 Å². The zero-order chi connectivity index (χ0) is 34.0. The van der Waals surface area contributed by atoms with Crippen LogP contribution < -0.4 is 14.8 Å². The SMILES string of the molecule is COC(=O)CCCCc1nc(Cl)c2cc(Cl)sc2n1.COC(=O)CCCCc1nc(NCc2ccc3c(c2)OCO3)c2cc(Cl)sc2n1. The molecule has 0 saturated carbocycles. The summed E-state index contributed by atoms with van der Waals surface area (Å²) in [5, 5.41) is 5.51. The number of unbranched alkanes of at least 4 members (excludes halogenated alkanes) is 2. The Morgan fingerprint density at radius 2 is 1.35 bits per heavy atom. The van der Waals surface area contributed by atoms with Crippen molar-refractivity contribution in [2.24, 2.45) is 0 Å². The lowest BCUT2D eigenvalue weighted by molar-refractivity contribution is -0.141. The zero-order valence-corrected chi connectivity index (χ0v) is 30.0. The molecule has 1 aliphatic rings. The van der Waals surface area contributed by atoms with Crippen LogP contribution >= 0.6 is 57.5 Å². The van der Waals surface area contributed by atoms with Gasteiger partial charge in [0, 0.05) is 32.2 Å². The van der Waals surface area contributed by atoms with Gasteiger partial charge in [0.25, 0.3) is 0 Å². The van der Waals surface area contributed by atoms with Crippen LogP contribution in [-0.4, -0.2) is 52.9 Å². The highest BCUT2D eigenvalue weighted by Crippen LogP contribution is 2.35. The van der Waals surface area contributed by atoms with E-state index in [1.807, 2.05) is 24.3 Å². The molecule has 48 heavy (non-hydrogen) atoms. The number of ether oxygens (including phenoxy) is 4. The number of rotatable bonds is 13. The number of halogens is 3. The number of nitrogens with zero attached hydrogens (tertiary/aromatic N) is 4. The molecule has 0 bridgehead atoms. The topological polar surface area (TPSA) is 135 Å². The highest BCUT2D eigenvalue weighted by Gasteiger charge is 2.15. The molecule has 254 valence electrons. The summed E-state index contributed by atoms with van der Waals surface area (Å²) in [5.74, 6) is 3.28. The number of aryl methyl sites for hydroxylation is 2. The molecule has 16 heteroatoms. The monoisotopic (exact) mass is 751 g/mol. The van der Waals surface area contributed by atoms with Gasteiger partial charge in [-0.25, -0.2) is 19.9 Å². The van der Waals surface area contributed by atoms with Crippen LogP contribution in [-0.2, 0) is 38.4 Å². The lowest BCUT2D eigenvalue weighted by atomic mass is 10.2. The molecule has 0 fully saturated rings. The van der Waals surface area contributed by atoms with Crippen LogP contribution in [0.15, 0.2) is 30.3 Å². The summed E-state index contributed by atoms with van der Waals surface area (Å²) in [6, 6.07) is 9.51. The molecule has 6 rings (SSSR count). The summed E-state index contributed by atoms with van der Waals surface area (Å²) in [4.78, 5) is 41.8. The van der Waals surface area contributed by atoms with E-state index in [1.165, 1.54) is 36.9 Å². The second kappa shape index (κ2) is 17.3. The van der Waals surface area contributed by atoms with Crippen LogP contribution in [0, 0.1) is 0 Å². The first-order valence-electron chi connectivity index (χ1n) is 15.1. The smallest absolute Gasteiger partial charge is 0.305 e. The summed E-state index contributed by atoms with van der Waals surface area (Å²) >= 11 is 21.0. The number of methoxy groups -OCH3 is 2. The van der Waals surface area contributed by atoms with Gasteiger partial charge in [0.05, 0.1) is 33.7 Å². The molecular weight excluding hydrogens is 721 g/mol. The van der Waals surface area contributed by atoms with Crippen molar-refractivity contribution in [2.45, 2.75) is 57.9 Å². The van der Waals surface area contributed by atoms with Gasteiger partial charge in [-0.2, -0.15) is 0 Å². The molecule has 1 N–H and O–H groups in total. The molecule has 0 saturated heterocycles. The fourth-order valence-electron chi connectivity index (χ4n) is 4.74. The first-order chi connectivity index (χ1) is 23.2. The van der Waals surface area contributed by atoms with E-state index in [-0.39, 0.29) is 18.7 Å². The van der Waals surface area contributed by atoms with Crippen LogP contribution in [0.2, 0.25) is 13.8 Å². The third-order valence-electron chi connectivity index (χ3n) is 7.19. The maximum Gasteiger partial charge on any atom is 0.305 e. The fraction of sp³-hybridized carbons (Fsp3) is 0.375. The number of carbonyl (C=O) groups is 2. The Hall–Kier alpha value is -3.49. The van der Waals surface area contributed by atoms with Gasteiger partial charge < -0.3 is 24.3 Å². The average molecular weight is 753 g/mol. The van der Waals surface area contributed by atoms with E-state index < -0.39 is 0 Å². The minimum absolute atomic E-state index is 0.195. The van der Waals surface area contributed by atoms with Crippen molar-refractivity contribution < 1.29 is 28.5 Å². The van der Waals surface area contributed by atoms with E-state index in [0.717, 1.165) is 74.8 Å². The number of thiophene rings is 2. The lowest BCUT2D eigenvalue weighted by Gasteiger charge is -2.09. The predicted octanol–water partition coefficient (Wildman–Crippen LogP) is 8.46. The number of nitrogens with one attached hydrogen (secondary N) is 1. The number of esters is 2. The van der Waals surface area contributed by atoms with Crippen molar-refractivity contribution in [1.82, 2.24) is 19.9 Å². The Balaban J connectivity index is 0.000000206. The molecule has 0 spiro atoms. The summed E-state index contributed by atoms with van der Waals surface area (Å²) in [6.07, 6.45) is 5.28. The van der Waals surface area contributed by atoms with Crippen molar-refractivity contribution in [3.05, 3.63) is 61.4 Å². The van der Waals surface area contributed by atoms with Gasteiger partial charge in [0.15, 0.2) is 11.5 Å². The van der Waals surface area contributed by atoms with Crippen molar-refractivity contribution in [3.63, 3.8) is 0 Å². The Bertz CT molecular complexity index is 1900. The quantitative estimate of drug-likeness (QED) is 0.0705. The minimum Gasteiger partial charge on any atom is -0.469 e. The molecule has 4 aromatic heterocycles. The Kier molecular flexibility index (Phi) is 12.9. The predicted molar refractivity (Wildman–Crippen MR) is 189 cm³/mol. The number of hydrogen-bond donors (Lipinski definition) is 1. The number of carbonyl (C=O) groups excluding carboxylic acids is 2. The molecule has 1 aliphatic heterocycles. The van der Waals surface area contributed by atoms with Crippen LogP contribution in [0.4, 0.5) is 5.82 Å². The standard InChI is InChI=1S/C20H20ClN3O4S.C12H12Cl2N2O2S/c1-26-18(25)5-3-2-4-17-23-19(13-9-16(21)29-20(13)24-17)22-10-12-6-7-14-15(8-12)28-11-27-14;1-18-10(17)5-3-2-4-9-15-11(14)7-6-8(13)19-12(7)16-9/h6-9H,2-5,10-11H2,1H3,(H,22,23,24);6H,2-5H2,1H3. The highest BCUT2D eigenvalue weighted by atomic mass is 35.5. The van der Waals surface area contributed by atoms with Gasteiger partial charge in [-0.3, -0.25) is 9.59 Å². The maximum absolute atomic E-state index is 11.3. The number of fused-ring (bicyclic) bond motifs is 3. The first kappa shape index (κ1) is 35.8. The van der Waals surface area contributed by atoms with Gasteiger partial charge in [-0.15, -0.1) is 22.7 Å². The van der Waals surface area contributed by atoms with E-state index in [2.05, 4.69) is 29.7 Å². The fourth-order valence-corrected chi connectivity index (χ4v) is 7.25. The van der Waals surface area contributed by atoms with Crippen LogP contribution in [0.1, 0.15) is 55.7 Å². The minimum atomic E-state index is -0.197. The zero-order valence-electron chi connectivity index (χ0n) is 26.1. The summed E-state index contributed by atoms with van der Waals surface area (Å²) < 4.78 is 21.4.